The Bertz CT molecular complexity index is 677. The van der Waals surface area contributed by atoms with Crippen LogP contribution in [0.15, 0.2) is 36.4 Å². The van der Waals surface area contributed by atoms with E-state index in [0.29, 0.717) is 17.8 Å². The lowest BCUT2D eigenvalue weighted by Gasteiger charge is -2.29. The molecule has 2 aromatic rings. The van der Waals surface area contributed by atoms with Crippen LogP contribution in [-0.2, 0) is 17.8 Å². The van der Waals surface area contributed by atoms with E-state index in [1.54, 1.807) is 17.0 Å². The number of rotatable bonds is 3. The zero-order valence-electron chi connectivity index (χ0n) is 10.7. The molecule has 3 rings (SSSR count). The zero-order chi connectivity index (χ0) is 14.1. The number of fused-ring (bicyclic) bond motifs is 1. The van der Waals surface area contributed by atoms with Crippen LogP contribution in [0.1, 0.15) is 26.5 Å². The summed E-state index contributed by atoms with van der Waals surface area (Å²) < 4.78 is 0. The van der Waals surface area contributed by atoms with Crippen molar-refractivity contribution in [3.63, 3.8) is 0 Å². The zero-order valence-corrected chi connectivity index (χ0v) is 11.5. The molecular formula is C15H13NO3S. The third-order valence-corrected chi connectivity index (χ3v) is 4.44. The summed E-state index contributed by atoms with van der Waals surface area (Å²) in [6.07, 6.45) is 1.28. The Hall–Kier alpha value is -2.14. The van der Waals surface area contributed by atoms with Gasteiger partial charge in [-0.05, 0) is 30.2 Å². The van der Waals surface area contributed by atoms with E-state index in [2.05, 4.69) is 0 Å². The summed E-state index contributed by atoms with van der Waals surface area (Å²) in [6.45, 7) is 0.438. The molecule has 0 saturated carbocycles. The van der Waals surface area contributed by atoms with Gasteiger partial charge in [-0.2, -0.15) is 0 Å². The van der Waals surface area contributed by atoms with Crippen LogP contribution in [0, 0.1) is 0 Å². The number of carboxylic acids is 1. The summed E-state index contributed by atoms with van der Waals surface area (Å²) in [5, 5.41) is 8.94. The van der Waals surface area contributed by atoms with Crippen LogP contribution in [0.5, 0.6) is 0 Å². The van der Waals surface area contributed by atoms with Crippen molar-refractivity contribution in [2.45, 2.75) is 19.4 Å². The van der Waals surface area contributed by atoms with Gasteiger partial charge in [-0.3, -0.25) is 4.79 Å². The molecule has 102 valence electrons. The van der Waals surface area contributed by atoms with Crippen molar-refractivity contribution < 1.29 is 14.7 Å². The molecule has 0 atom stereocenters. The molecule has 1 aromatic heterocycles. The Kier molecular flexibility index (Phi) is 3.28. The van der Waals surface area contributed by atoms with Gasteiger partial charge in [0.2, 0.25) is 5.91 Å². The minimum Gasteiger partial charge on any atom is -0.477 e. The van der Waals surface area contributed by atoms with E-state index < -0.39 is 5.97 Å². The monoisotopic (exact) mass is 287 g/mol. The van der Waals surface area contributed by atoms with Gasteiger partial charge in [-0.15, -0.1) is 11.3 Å². The Morgan fingerprint density at radius 1 is 1.20 bits per heavy atom. The Morgan fingerprint density at radius 2 is 2.00 bits per heavy atom. The van der Waals surface area contributed by atoms with Gasteiger partial charge < -0.3 is 10.0 Å². The standard InChI is InChI=1S/C15H13NO3S/c17-14-8-5-10-3-1-2-4-12(10)16(14)9-11-6-7-13(20-11)15(18)19/h1-4,6-7H,5,8-9H2,(H,18,19). The maximum absolute atomic E-state index is 12.1. The Morgan fingerprint density at radius 3 is 2.75 bits per heavy atom. The number of hydrogen-bond donors (Lipinski definition) is 1. The van der Waals surface area contributed by atoms with E-state index in [1.165, 1.54) is 16.9 Å². The van der Waals surface area contributed by atoms with Crippen LogP contribution in [-0.4, -0.2) is 17.0 Å². The van der Waals surface area contributed by atoms with Crippen molar-refractivity contribution >= 4 is 28.9 Å². The van der Waals surface area contributed by atoms with Crippen molar-refractivity contribution in [2.24, 2.45) is 0 Å². The molecule has 0 fully saturated rings. The van der Waals surface area contributed by atoms with Crippen LogP contribution in [0.25, 0.3) is 0 Å². The molecule has 1 aromatic carbocycles. The number of benzene rings is 1. The van der Waals surface area contributed by atoms with E-state index >= 15 is 0 Å². The van der Waals surface area contributed by atoms with Gasteiger partial charge >= 0.3 is 5.97 Å². The first-order valence-corrected chi connectivity index (χ1v) is 7.17. The first kappa shape index (κ1) is 12.9. The summed E-state index contributed by atoms with van der Waals surface area (Å²) in [5.41, 5.74) is 2.11. The molecule has 1 aliphatic rings. The number of thiophene rings is 1. The highest BCUT2D eigenvalue weighted by Crippen LogP contribution is 2.30. The second kappa shape index (κ2) is 5.09. The van der Waals surface area contributed by atoms with Gasteiger partial charge in [-0.1, -0.05) is 18.2 Å². The number of carboxylic acid groups (broad SMARTS) is 1. The molecule has 0 aliphatic carbocycles. The highest BCUT2D eigenvalue weighted by Gasteiger charge is 2.24. The molecule has 1 aliphatic heterocycles. The lowest BCUT2D eigenvalue weighted by molar-refractivity contribution is -0.119. The van der Waals surface area contributed by atoms with Gasteiger partial charge in [0.05, 0.1) is 6.54 Å². The smallest absolute Gasteiger partial charge is 0.345 e. The van der Waals surface area contributed by atoms with Crippen molar-refractivity contribution in [1.29, 1.82) is 0 Å². The van der Waals surface area contributed by atoms with Gasteiger partial charge in [0.1, 0.15) is 4.88 Å². The van der Waals surface area contributed by atoms with Crippen LogP contribution in [0.3, 0.4) is 0 Å². The fourth-order valence-electron chi connectivity index (χ4n) is 2.40. The summed E-state index contributed by atoms with van der Waals surface area (Å²) in [5.74, 6) is -0.833. The van der Waals surface area contributed by atoms with E-state index in [1.807, 2.05) is 24.3 Å². The normalized spacial score (nSPS) is 14.2. The van der Waals surface area contributed by atoms with E-state index in [-0.39, 0.29) is 5.91 Å². The van der Waals surface area contributed by atoms with Gasteiger partial charge in [0.15, 0.2) is 0 Å². The Balaban J connectivity index is 1.89. The maximum Gasteiger partial charge on any atom is 0.345 e. The molecule has 20 heavy (non-hydrogen) atoms. The SMILES string of the molecule is O=C(O)c1ccc(CN2C(=O)CCc3ccccc32)s1. The van der Waals surface area contributed by atoms with Gasteiger partial charge in [-0.25, -0.2) is 4.79 Å². The molecule has 0 spiro atoms. The summed E-state index contributed by atoms with van der Waals surface area (Å²) in [4.78, 5) is 25.9. The van der Waals surface area contributed by atoms with Crippen molar-refractivity contribution in [2.75, 3.05) is 4.90 Å². The minimum atomic E-state index is -0.924. The van der Waals surface area contributed by atoms with Crippen LogP contribution in [0.2, 0.25) is 0 Å². The Labute approximate surface area is 120 Å². The number of nitrogens with zero attached hydrogens (tertiary/aromatic N) is 1. The largest absolute Gasteiger partial charge is 0.477 e. The average molecular weight is 287 g/mol. The average Bonchev–Trinajstić information content (AvgIpc) is 2.91. The highest BCUT2D eigenvalue weighted by atomic mass is 32.1. The predicted octanol–water partition coefficient (Wildman–Crippen LogP) is 2.93. The first-order valence-electron chi connectivity index (χ1n) is 6.35. The lowest BCUT2D eigenvalue weighted by Crippen LogP contribution is -2.34. The third kappa shape index (κ3) is 2.32. The predicted molar refractivity (Wildman–Crippen MR) is 77.2 cm³/mol. The molecule has 5 heteroatoms. The van der Waals surface area contributed by atoms with Crippen molar-refractivity contribution in [3.05, 3.63) is 51.7 Å². The molecule has 2 heterocycles. The summed E-state index contributed by atoms with van der Waals surface area (Å²) in [6, 6.07) is 11.2. The fraction of sp³-hybridized carbons (Fsp3) is 0.200. The molecule has 0 saturated heterocycles. The van der Waals surface area contributed by atoms with Gasteiger partial charge in [0.25, 0.3) is 0 Å². The molecule has 1 N–H and O–H groups in total. The minimum absolute atomic E-state index is 0.0916. The number of carbonyl (C=O) groups is 2. The number of amides is 1. The quantitative estimate of drug-likeness (QED) is 0.944. The van der Waals surface area contributed by atoms with E-state index in [4.69, 9.17) is 5.11 Å². The second-order valence-electron chi connectivity index (χ2n) is 4.68. The molecule has 4 nitrogen and oxygen atoms in total. The number of aryl methyl sites for hydroxylation is 1. The topological polar surface area (TPSA) is 57.6 Å². The molecule has 0 unspecified atom stereocenters. The maximum atomic E-state index is 12.1. The molecule has 0 bridgehead atoms. The number of para-hydroxylation sites is 1. The first-order chi connectivity index (χ1) is 9.65. The molecule has 0 radical (unpaired) electrons. The second-order valence-corrected chi connectivity index (χ2v) is 5.85. The van der Waals surface area contributed by atoms with Crippen LogP contribution in [0.4, 0.5) is 5.69 Å². The lowest BCUT2D eigenvalue weighted by atomic mass is 10.0. The number of aromatic carboxylic acids is 1. The number of hydrogen-bond acceptors (Lipinski definition) is 3. The molecular weight excluding hydrogens is 274 g/mol. The van der Waals surface area contributed by atoms with E-state index in [9.17, 15) is 9.59 Å². The van der Waals surface area contributed by atoms with Crippen molar-refractivity contribution in [3.8, 4) is 0 Å². The number of carbonyl (C=O) groups excluding carboxylic acids is 1. The number of anilines is 1. The van der Waals surface area contributed by atoms with Crippen LogP contribution >= 0.6 is 11.3 Å². The summed E-state index contributed by atoms with van der Waals surface area (Å²) in [7, 11) is 0. The van der Waals surface area contributed by atoms with Crippen molar-refractivity contribution in [1.82, 2.24) is 0 Å². The third-order valence-electron chi connectivity index (χ3n) is 3.38. The molecule has 1 amide bonds. The summed E-state index contributed by atoms with van der Waals surface area (Å²) >= 11 is 1.22. The highest BCUT2D eigenvalue weighted by molar-refractivity contribution is 7.13. The van der Waals surface area contributed by atoms with Crippen LogP contribution < -0.4 is 4.90 Å². The fourth-order valence-corrected chi connectivity index (χ4v) is 3.24. The van der Waals surface area contributed by atoms with Gasteiger partial charge in [0, 0.05) is 17.0 Å². The van der Waals surface area contributed by atoms with E-state index in [0.717, 1.165) is 17.0 Å².